The SMILES string of the molecule is Cc1cc(Nc2ncnc3cnc(N4CCC(O)(C(F)F)CC4)nc23)ccc1Oc1ccc2c(c1)ncn2C. The third-order valence-corrected chi connectivity index (χ3v) is 7.05. The van der Waals surface area contributed by atoms with Crippen LogP contribution in [0.3, 0.4) is 0 Å². The van der Waals surface area contributed by atoms with Gasteiger partial charge in [0.15, 0.2) is 5.82 Å². The average molecular weight is 533 g/mol. The molecule has 2 N–H and O–H groups in total. The van der Waals surface area contributed by atoms with Gasteiger partial charge in [-0.2, -0.15) is 0 Å². The zero-order chi connectivity index (χ0) is 27.1. The molecule has 12 heteroatoms. The number of piperidine rings is 1. The van der Waals surface area contributed by atoms with E-state index in [0.29, 0.717) is 34.3 Å². The molecule has 1 aliphatic heterocycles. The number of alkyl halides is 2. The summed E-state index contributed by atoms with van der Waals surface area (Å²) in [6.07, 6.45) is 1.86. The van der Waals surface area contributed by atoms with E-state index in [1.165, 1.54) is 6.33 Å². The van der Waals surface area contributed by atoms with E-state index >= 15 is 0 Å². The molecule has 3 aromatic heterocycles. The van der Waals surface area contributed by atoms with E-state index in [1.54, 1.807) is 17.4 Å². The van der Waals surface area contributed by atoms with Crippen LogP contribution in [0.2, 0.25) is 0 Å². The number of nitrogens with zero attached hydrogens (tertiary/aromatic N) is 7. The van der Waals surface area contributed by atoms with E-state index in [-0.39, 0.29) is 25.9 Å². The standard InChI is InChI=1S/C27H26F2N8O2/c1-16-11-17(3-6-22(16)39-18-4-5-21-19(12-18)33-15-36(21)2)34-24-23-20(31-14-32-24)13-30-26(35-23)37-9-7-27(38,8-10-37)25(28)29/h3-6,11-15,25,38H,7-10H2,1-2H3,(H,31,32,34). The zero-order valence-corrected chi connectivity index (χ0v) is 21.3. The minimum atomic E-state index is -2.79. The molecule has 0 saturated carbocycles. The maximum atomic E-state index is 13.2. The molecular formula is C27H26F2N8O2. The van der Waals surface area contributed by atoms with Gasteiger partial charge in [0, 0.05) is 31.9 Å². The fourth-order valence-electron chi connectivity index (χ4n) is 4.69. The van der Waals surface area contributed by atoms with Crippen LogP contribution in [0.4, 0.5) is 26.2 Å². The predicted molar refractivity (Wildman–Crippen MR) is 143 cm³/mol. The number of hydrogen-bond donors (Lipinski definition) is 2. The normalized spacial score (nSPS) is 15.3. The van der Waals surface area contributed by atoms with Crippen LogP contribution in [0.1, 0.15) is 18.4 Å². The van der Waals surface area contributed by atoms with E-state index < -0.39 is 12.0 Å². The Morgan fingerprint density at radius 2 is 1.85 bits per heavy atom. The van der Waals surface area contributed by atoms with Crippen LogP contribution in [0.15, 0.2) is 55.2 Å². The molecule has 0 amide bonds. The summed E-state index contributed by atoms with van der Waals surface area (Å²) in [6, 6.07) is 11.5. The van der Waals surface area contributed by atoms with Gasteiger partial charge in [-0.1, -0.05) is 0 Å². The first kappa shape index (κ1) is 24.9. The highest BCUT2D eigenvalue weighted by Gasteiger charge is 2.41. The summed E-state index contributed by atoms with van der Waals surface area (Å²) in [6.45, 7) is 2.39. The fourth-order valence-corrected chi connectivity index (χ4v) is 4.69. The summed E-state index contributed by atoms with van der Waals surface area (Å²) in [5.41, 5.74) is 2.64. The molecule has 2 aromatic carbocycles. The van der Waals surface area contributed by atoms with Crippen LogP contribution in [0.5, 0.6) is 11.5 Å². The number of rotatable bonds is 6. The van der Waals surface area contributed by atoms with Gasteiger partial charge in [0.1, 0.15) is 34.5 Å². The Kier molecular flexibility index (Phi) is 6.18. The van der Waals surface area contributed by atoms with Crippen molar-refractivity contribution in [3.8, 4) is 11.5 Å². The van der Waals surface area contributed by atoms with Gasteiger partial charge in [-0.15, -0.1) is 0 Å². The minimum absolute atomic E-state index is 0.0636. The third kappa shape index (κ3) is 4.78. The van der Waals surface area contributed by atoms with Crippen LogP contribution in [-0.4, -0.2) is 59.7 Å². The second-order valence-corrected chi connectivity index (χ2v) is 9.73. The van der Waals surface area contributed by atoms with Crippen molar-refractivity contribution in [3.05, 3.63) is 60.8 Å². The molecular weight excluding hydrogens is 506 g/mol. The Morgan fingerprint density at radius 3 is 2.62 bits per heavy atom. The summed E-state index contributed by atoms with van der Waals surface area (Å²) in [7, 11) is 1.95. The van der Waals surface area contributed by atoms with Crippen molar-refractivity contribution in [3.63, 3.8) is 0 Å². The number of ether oxygens (including phenoxy) is 1. The molecule has 10 nitrogen and oxygen atoms in total. The van der Waals surface area contributed by atoms with Gasteiger partial charge in [0.25, 0.3) is 6.43 Å². The van der Waals surface area contributed by atoms with E-state index in [9.17, 15) is 13.9 Å². The highest BCUT2D eigenvalue weighted by Crippen LogP contribution is 2.32. The molecule has 6 rings (SSSR count). The molecule has 1 fully saturated rings. The Bertz CT molecular complexity index is 1670. The van der Waals surface area contributed by atoms with Gasteiger partial charge < -0.3 is 24.6 Å². The second kappa shape index (κ2) is 9.70. The van der Waals surface area contributed by atoms with Gasteiger partial charge in [-0.05, 0) is 55.7 Å². The van der Waals surface area contributed by atoms with E-state index in [4.69, 9.17) is 4.74 Å². The molecule has 1 saturated heterocycles. The maximum Gasteiger partial charge on any atom is 0.266 e. The number of aromatic nitrogens is 6. The lowest BCUT2D eigenvalue weighted by Crippen LogP contribution is -2.49. The van der Waals surface area contributed by atoms with E-state index in [0.717, 1.165) is 22.3 Å². The monoisotopic (exact) mass is 532 g/mol. The second-order valence-electron chi connectivity index (χ2n) is 9.73. The van der Waals surface area contributed by atoms with Crippen LogP contribution >= 0.6 is 0 Å². The summed E-state index contributed by atoms with van der Waals surface area (Å²) in [4.78, 5) is 23.8. The number of fused-ring (bicyclic) bond motifs is 2. The van der Waals surface area contributed by atoms with Crippen LogP contribution in [0.25, 0.3) is 22.1 Å². The molecule has 200 valence electrons. The van der Waals surface area contributed by atoms with Crippen molar-refractivity contribution in [1.29, 1.82) is 0 Å². The number of nitrogens with one attached hydrogen (secondary N) is 1. The van der Waals surface area contributed by atoms with Crippen molar-refractivity contribution in [1.82, 2.24) is 29.5 Å². The highest BCUT2D eigenvalue weighted by atomic mass is 19.3. The van der Waals surface area contributed by atoms with E-state index in [2.05, 4.69) is 30.2 Å². The van der Waals surface area contributed by atoms with Crippen molar-refractivity contribution >= 4 is 39.5 Å². The van der Waals surface area contributed by atoms with Crippen LogP contribution < -0.4 is 15.0 Å². The molecule has 4 heterocycles. The van der Waals surface area contributed by atoms with Crippen molar-refractivity contribution in [2.75, 3.05) is 23.3 Å². The number of aryl methyl sites for hydroxylation is 2. The number of imidazole rings is 1. The van der Waals surface area contributed by atoms with Crippen LogP contribution in [-0.2, 0) is 7.05 Å². The first-order chi connectivity index (χ1) is 18.8. The number of halogens is 2. The summed E-state index contributed by atoms with van der Waals surface area (Å²) >= 11 is 0. The molecule has 0 radical (unpaired) electrons. The molecule has 39 heavy (non-hydrogen) atoms. The summed E-state index contributed by atoms with van der Waals surface area (Å²) in [5, 5.41) is 13.4. The Labute approximate surface area is 222 Å². The van der Waals surface area contributed by atoms with E-state index in [1.807, 2.05) is 54.9 Å². The Hall–Kier alpha value is -4.45. The molecule has 0 spiro atoms. The number of aliphatic hydroxyl groups is 1. The molecule has 1 aliphatic rings. The summed E-state index contributed by atoms with van der Waals surface area (Å²) in [5.74, 6) is 2.27. The molecule has 0 unspecified atom stereocenters. The topological polar surface area (TPSA) is 114 Å². The number of hydrogen-bond acceptors (Lipinski definition) is 9. The zero-order valence-electron chi connectivity index (χ0n) is 21.3. The third-order valence-electron chi connectivity index (χ3n) is 7.05. The van der Waals surface area contributed by atoms with Gasteiger partial charge in [-0.25, -0.2) is 33.7 Å². The van der Waals surface area contributed by atoms with Gasteiger partial charge in [-0.3, -0.25) is 0 Å². The highest BCUT2D eigenvalue weighted by molar-refractivity contribution is 5.87. The van der Waals surface area contributed by atoms with Crippen molar-refractivity contribution in [2.24, 2.45) is 7.05 Å². The maximum absolute atomic E-state index is 13.2. The van der Waals surface area contributed by atoms with Crippen molar-refractivity contribution < 1.29 is 18.6 Å². The number of benzene rings is 2. The van der Waals surface area contributed by atoms with Gasteiger partial charge in [0.05, 0.1) is 23.6 Å². The first-order valence-corrected chi connectivity index (χ1v) is 12.5. The lowest BCUT2D eigenvalue weighted by molar-refractivity contribution is -0.109. The predicted octanol–water partition coefficient (Wildman–Crippen LogP) is 4.75. The van der Waals surface area contributed by atoms with Crippen LogP contribution in [0, 0.1) is 6.92 Å². The lowest BCUT2D eigenvalue weighted by atomic mass is 9.92. The average Bonchev–Trinajstić information content (AvgIpc) is 3.30. The Morgan fingerprint density at radius 1 is 1.03 bits per heavy atom. The fraction of sp³-hybridized carbons (Fsp3) is 0.296. The summed E-state index contributed by atoms with van der Waals surface area (Å²) < 4.78 is 34.4. The molecule has 0 atom stereocenters. The van der Waals surface area contributed by atoms with Crippen molar-refractivity contribution in [2.45, 2.75) is 31.8 Å². The molecule has 0 aliphatic carbocycles. The number of anilines is 3. The minimum Gasteiger partial charge on any atom is -0.457 e. The first-order valence-electron chi connectivity index (χ1n) is 12.5. The molecule has 5 aromatic rings. The smallest absolute Gasteiger partial charge is 0.266 e. The largest absolute Gasteiger partial charge is 0.457 e. The van der Waals surface area contributed by atoms with Gasteiger partial charge in [0.2, 0.25) is 5.95 Å². The Balaban J connectivity index is 1.21. The molecule has 0 bridgehead atoms. The van der Waals surface area contributed by atoms with Gasteiger partial charge >= 0.3 is 0 Å². The lowest BCUT2D eigenvalue weighted by Gasteiger charge is -2.37. The quantitative estimate of drug-likeness (QED) is 0.320.